The zero-order chi connectivity index (χ0) is 18.0. The Morgan fingerprint density at radius 3 is 2.58 bits per heavy atom. The van der Waals surface area contributed by atoms with Crippen molar-refractivity contribution in [1.82, 2.24) is 9.80 Å². The Balaban J connectivity index is 0.00000243. The molecule has 3 unspecified atom stereocenters. The SMILES string of the molecule is CC1CC(CN)CN1C(=O)C1(C)CCCN(C(=O)c2ccccc2)C1.Cl. The number of hydrogen-bond acceptors (Lipinski definition) is 3. The molecule has 1 aromatic carbocycles. The number of piperidine rings is 1. The molecule has 2 heterocycles. The molecule has 5 nitrogen and oxygen atoms in total. The number of benzene rings is 1. The summed E-state index contributed by atoms with van der Waals surface area (Å²) in [5, 5.41) is 0. The summed E-state index contributed by atoms with van der Waals surface area (Å²) in [4.78, 5) is 29.9. The van der Waals surface area contributed by atoms with Gasteiger partial charge in [0.15, 0.2) is 0 Å². The Morgan fingerprint density at radius 2 is 1.96 bits per heavy atom. The molecule has 2 saturated heterocycles. The smallest absolute Gasteiger partial charge is 0.253 e. The van der Waals surface area contributed by atoms with Gasteiger partial charge in [0, 0.05) is 31.2 Å². The maximum Gasteiger partial charge on any atom is 0.253 e. The summed E-state index contributed by atoms with van der Waals surface area (Å²) in [5.41, 5.74) is 6.00. The molecule has 0 aliphatic carbocycles. The summed E-state index contributed by atoms with van der Waals surface area (Å²) in [7, 11) is 0. The predicted molar refractivity (Wildman–Crippen MR) is 105 cm³/mol. The van der Waals surface area contributed by atoms with E-state index in [0.717, 1.165) is 32.4 Å². The van der Waals surface area contributed by atoms with Gasteiger partial charge < -0.3 is 15.5 Å². The van der Waals surface area contributed by atoms with Gasteiger partial charge in [0.2, 0.25) is 5.91 Å². The van der Waals surface area contributed by atoms with E-state index in [4.69, 9.17) is 5.73 Å². The number of likely N-dealkylation sites (tertiary alicyclic amines) is 2. The number of amides is 2. The minimum absolute atomic E-state index is 0. The molecule has 6 heteroatoms. The summed E-state index contributed by atoms with van der Waals surface area (Å²) < 4.78 is 0. The molecule has 3 rings (SSSR count). The Hall–Kier alpha value is -1.59. The van der Waals surface area contributed by atoms with Gasteiger partial charge in [-0.1, -0.05) is 18.2 Å². The van der Waals surface area contributed by atoms with E-state index in [1.54, 1.807) is 0 Å². The van der Waals surface area contributed by atoms with Crippen LogP contribution in [0, 0.1) is 11.3 Å². The lowest BCUT2D eigenvalue weighted by atomic mass is 9.80. The lowest BCUT2D eigenvalue weighted by Gasteiger charge is -2.42. The lowest BCUT2D eigenvalue weighted by molar-refractivity contribution is -0.144. The van der Waals surface area contributed by atoms with E-state index in [9.17, 15) is 9.59 Å². The highest BCUT2D eigenvalue weighted by molar-refractivity contribution is 5.95. The normalized spacial score (nSPS) is 28.6. The molecule has 26 heavy (non-hydrogen) atoms. The van der Waals surface area contributed by atoms with E-state index in [1.807, 2.05) is 47.1 Å². The van der Waals surface area contributed by atoms with Crippen LogP contribution in [-0.4, -0.2) is 53.8 Å². The molecule has 2 N–H and O–H groups in total. The summed E-state index contributed by atoms with van der Waals surface area (Å²) >= 11 is 0. The average Bonchev–Trinajstić information content (AvgIpc) is 3.02. The molecule has 0 radical (unpaired) electrons. The first-order chi connectivity index (χ1) is 11.9. The van der Waals surface area contributed by atoms with Crippen LogP contribution in [0.2, 0.25) is 0 Å². The van der Waals surface area contributed by atoms with Gasteiger partial charge >= 0.3 is 0 Å². The molecular weight excluding hydrogens is 350 g/mol. The quantitative estimate of drug-likeness (QED) is 0.877. The van der Waals surface area contributed by atoms with Crippen molar-refractivity contribution in [2.75, 3.05) is 26.2 Å². The van der Waals surface area contributed by atoms with Gasteiger partial charge in [0.05, 0.1) is 5.41 Å². The van der Waals surface area contributed by atoms with Crippen LogP contribution in [0.3, 0.4) is 0 Å². The number of rotatable bonds is 3. The van der Waals surface area contributed by atoms with E-state index >= 15 is 0 Å². The highest BCUT2D eigenvalue weighted by Crippen LogP contribution is 2.35. The van der Waals surface area contributed by atoms with Crippen molar-refractivity contribution in [2.45, 2.75) is 39.2 Å². The van der Waals surface area contributed by atoms with Crippen LogP contribution >= 0.6 is 12.4 Å². The summed E-state index contributed by atoms with van der Waals surface area (Å²) in [6, 6.07) is 9.57. The van der Waals surface area contributed by atoms with E-state index in [1.165, 1.54) is 0 Å². The van der Waals surface area contributed by atoms with Crippen molar-refractivity contribution in [1.29, 1.82) is 0 Å². The Bertz CT molecular complexity index is 639. The molecule has 2 amide bonds. The minimum atomic E-state index is -0.500. The fraction of sp³-hybridized carbons (Fsp3) is 0.600. The highest BCUT2D eigenvalue weighted by Gasteiger charge is 2.44. The number of carbonyl (C=O) groups excluding carboxylic acids is 2. The van der Waals surface area contributed by atoms with Gasteiger partial charge in [-0.15, -0.1) is 12.4 Å². The van der Waals surface area contributed by atoms with Gasteiger partial charge in [-0.05, 0) is 57.7 Å². The average molecular weight is 380 g/mol. The number of nitrogens with zero attached hydrogens (tertiary/aromatic N) is 2. The number of halogens is 1. The number of carbonyl (C=O) groups is 2. The second kappa shape index (κ2) is 8.40. The third-order valence-corrected chi connectivity index (χ3v) is 5.78. The molecule has 3 atom stereocenters. The molecular formula is C20H30ClN3O2. The van der Waals surface area contributed by atoms with Gasteiger partial charge in [0.1, 0.15) is 0 Å². The highest BCUT2D eigenvalue weighted by atomic mass is 35.5. The van der Waals surface area contributed by atoms with Crippen LogP contribution in [-0.2, 0) is 4.79 Å². The van der Waals surface area contributed by atoms with Crippen molar-refractivity contribution in [3.05, 3.63) is 35.9 Å². The van der Waals surface area contributed by atoms with Crippen LogP contribution in [0.4, 0.5) is 0 Å². The van der Waals surface area contributed by atoms with Crippen molar-refractivity contribution in [2.24, 2.45) is 17.1 Å². The second-order valence-electron chi connectivity index (χ2n) is 7.90. The van der Waals surface area contributed by atoms with Crippen LogP contribution in [0.15, 0.2) is 30.3 Å². The number of nitrogens with two attached hydrogens (primary N) is 1. The van der Waals surface area contributed by atoms with E-state index in [0.29, 0.717) is 24.6 Å². The topological polar surface area (TPSA) is 66.6 Å². The molecule has 0 saturated carbocycles. The van der Waals surface area contributed by atoms with E-state index < -0.39 is 5.41 Å². The standard InChI is InChI=1S/C20H29N3O2.ClH/c1-15-11-16(12-21)13-23(15)19(25)20(2)9-6-10-22(14-20)18(24)17-7-4-3-5-8-17;/h3-5,7-8,15-16H,6,9-14,21H2,1-2H3;1H. The van der Waals surface area contributed by atoms with E-state index in [2.05, 4.69) is 6.92 Å². The molecule has 0 spiro atoms. The Kier molecular flexibility index (Phi) is 6.69. The van der Waals surface area contributed by atoms with Gasteiger partial charge in [-0.25, -0.2) is 0 Å². The zero-order valence-electron chi connectivity index (χ0n) is 15.7. The molecule has 0 bridgehead atoms. The van der Waals surface area contributed by atoms with Crippen molar-refractivity contribution in [3.63, 3.8) is 0 Å². The van der Waals surface area contributed by atoms with Crippen LogP contribution in [0.5, 0.6) is 0 Å². The van der Waals surface area contributed by atoms with E-state index in [-0.39, 0.29) is 30.3 Å². The first kappa shape index (κ1) is 20.7. The van der Waals surface area contributed by atoms with Crippen molar-refractivity contribution >= 4 is 24.2 Å². The van der Waals surface area contributed by atoms with Gasteiger partial charge in [-0.2, -0.15) is 0 Å². The van der Waals surface area contributed by atoms with Crippen molar-refractivity contribution < 1.29 is 9.59 Å². The third kappa shape index (κ3) is 4.04. The zero-order valence-corrected chi connectivity index (χ0v) is 16.5. The van der Waals surface area contributed by atoms with Crippen LogP contribution in [0.1, 0.15) is 43.5 Å². The molecule has 0 aromatic heterocycles. The van der Waals surface area contributed by atoms with Gasteiger partial charge in [-0.3, -0.25) is 9.59 Å². The molecule has 144 valence electrons. The van der Waals surface area contributed by atoms with Gasteiger partial charge in [0.25, 0.3) is 5.91 Å². The molecule has 2 aliphatic rings. The van der Waals surface area contributed by atoms with Crippen LogP contribution < -0.4 is 5.73 Å². The fourth-order valence-corrected chi connectivity index (χ4v) is 4.29. The lowest BCUT2D eigenvalue weighted by Crippen LogP contribution is -2.53. The maximum atomic E-state index is 13.2. The minimum Gasteiger partial charge on any atom is -0.339 e. The maximum absolute atomic E-state index is 13.2. The van der Waals surface area contributed by atoms with Crippen LogP contribution in [0.25, 0.3) is 0 Å². The Morgan fingerprint density at radius 1 is 1.27 bits per heavy atom. The Labute approximate surface area is 162 Å². The summed E-state index contributed by atoms with van der Waals surface area (Å²) in [6.07, 6.45) is 2.68. The van der Waals surface area contributed by atoms with Crippen molar-refractivity contribution in [3.8, 4) is 0 Å². The molecule has 2 aliphatic heterocycles. The molecule has 2 fully saturated rings. The first-order valence-corrected chi connectivity index (χ1v) is 9.30. The summed E-state index contributed by atoms with van der Waals surface area (Å²) in [5.74, 6) is 0.600. The monoisotopic (exact) mass is 379 g/mol. The second-order valence-corrected chi connectivity index (χ2v) is 7.90. The molecule has 1 aromatic rings. The fourth-order valence-electron chi connectivity index (χ4n) is 4.29. The third-order valence-electron chi connectivity index (χ3n) is 5.78. The summed E-state index contributed by atoms with van der Waals surface area (Å²) in [6.45, 7) is 6.71. The first-order valence-electron chi connectivity index (χ1n) is 9.30. The largest absolute Gasteiger partial charge is 0.339 e. The predicted octanol–water partition coefficient (Wildman–Crippen LogP) is 2.55. The number of hydrogen-bond donors (Lipinski definition) is 1.